The third kappa shape index (κ3) is 4.07. The van der Waals surface area contributed by atoms with Gasteiger partial charge in [0.2, 0.25) is 10.0 Å². The molecule has 0 aromatic carbocycles. The van der Waals surface area contributed by atoms with E-state index in [9.17, 15) is 18.3 Å². The van der Waals surface area contributed by atoms with Crippen LogP contribution in [-0.2, 0) is 14.8 Å². The molecule has 1 aliphatic rings. The molecule has 1 amide bonds. The summed E-state index contributed by atoms with van der Waals surface area (Å²) in [5.74, 6) is 0. The van der Waals surface area contributed by atoms with Crippen molar-refractivity contribution in [3.05, 3.63) is 0 Å². The summed E-state index contributed by atoms with van der Waals surface area (Å²) in [6.07, 6.45) is -0.874. The zero-order valence-corrected chi connectivity index (χ0v) is 12.9. The third-order valence-corrected chi connectivity index (χ3v) is 5.17. The van der Waals surface area contributed by atoms with Gasteiger partial charge in [0.05, 0.1) is 5.25 Å². The first-order chi connectivity index (χ1) is 8.86. The van der Waals surface area contributed by atoms with Crippen molar-refractivity contribution < 1.29 is 23.1 Å². The monoisotopic (exact) mass is 308 g/mol. The van der Waals surface area contributed by atoms with Gasteiger partial charge < -0.3 is 15.6 Å². The lowest BCUT2D eigenvalue weighted by Crippen LogP contribution is -2.55. The number of sulfonamides is 1. The Bertz CT molecular complexity index is 461. The molecule has 8 heteroatoms. The van der Waals surface area contributed by atoms with Crippen LogP contribution in [0.3, 0.4) is 0 Å². The van der Waals surface area contributed by atoms with E-state index in [0.717, 1.165) is 0 Å². The van der Waals surface area contributed by atoms with E-state index in [0.29, 0.717) is 0 Å². The third-order valence-electron chi connectivity index (χ3n) is 3.77. The molecular weight excluding hydrogens is 284 g/mol. The van der Waals surface area contributed by atoms with Crippen LogP contribution in [0, 0.1) is 5.41 Å². The average Bonchev–Trinajstić information content (AvgIpc) is 2.23. The van der Waals surface area contributed by atoms with E-state index in [1.165, 1.54) is 0 Å². The summed E-state index contributed by atoms with van der Waals surface area (Å²) >= 11 is 0. The SMILES string of the molecule is CC(C)(C)C(OC(N)=O)C1(O)CCC(S(N)(=O)=O)CC1. The molecule has 0 aromatic heterocycles. The van der Waals surface area contributed by atoms with E-state index in [1.54, 1.807) is 0 Å². The number of hydrogen-bond donors (Lipinski definition) is 3. The number of nitrogens with two attached hydrogens (primary N) is 2. The first kappa shape index (κ1) is 17.2. The molecule has 1 unspecified atom stereocenters. The maximum Gasteiger partial charge on any atom is 0.404 e. The van der Waals surface area contributed by atoms with Crippen molar-refractivity contribution in [2.45, 2.75) is 63.4 Å². The Morgan fingerprint density at radius 2 is 1.80 bits per heavy atom. The fourth-order valence-electron chi connectivity index (χ4n) is 2.89. The molecule has 1 rings (SSSR count). The molecule has 118 valence electrons. The minimum absolute atomic E-state index is 0.198. The minimum Gasteiger partial charge on any atom is -0.443 e. The van der Waals surface area contributed by atoms with E-state index in [4.69, 9.17) is 15.6 Å². The van der Waals surface area contributed by atoms with Gasteiger partial charge in [0.1, 0.15) is 11.7 Å². The van der Waals surface area contributed by atoms with Gasteiger partial charge in [-0.05, 0) is 25.7 Å². The maximum atomic E-state index is 11.3. The quantitative estimate of drug-likeness (QED) is 0.696. The van der Waals surface area contributed by atoms with Crippen LogP contribution in [0.4, 0.5) is 4.79 Å². The number of primary amides is 1. The molecule has 0 bridgehead atoms. The van der Waals surface area contributed by atoms with Crippen LogP contribution < -0.4 is 10.9 Å². The molecule has 0 aromatic rings. The van der Waals surface area contributed by atoms with Crippen molar-refractivity contribution in [1.29, 1.82) is 0 Å². The van der Waals surface area contributed by atoms with Crippen molar-refractivity contribution in [3.8, 4) is 0 Å². The Kier molecular flexibility index (Phi) is 4.72. The van der Waals surface area contributed by atoms with Crippen molar-refractivity contribution in [2.75, 3.05) is 0 Å². The smallest absolute Gasteiger partial charge is 0.404 e. The highest BCUT2D eigenvalue weighted by atomic mass is 32.2. The van der Waals surface area contributed by atoms with E-state index in [2.05, 4.69) is 0 Å². The molecule has 0 radical (unpaired) electrons. The largest absolute Gasteiger partial charge is 0.443 e. The van der Waals surface area contributed by atoms with Gasteiger partial charge in [-0.2, -0.15) is 0 Å². The average molecular weight is 308 g/mol. The molecule has 0 saturated heterocycles. The summed E-state index contributed by atoms with van der Waals surface area (Å²) < 4.78 is 27.8. The number of carbonyl (C=O) groups excluding carboxylic acids is 1. The second-order valence-corrected chi connectivity index (χ2v) is 8.42. The Morgan fingerprint density at radius 3 is 2.10 bits per heavy atom. The van der Waals surface area contributed by atoms with Crippen molar-refractivity contribution in [1.82, 2.24) is 0 Å². The number of carbonyl (C=O) groups is 1. The van der Waals surface area contributed by atoms with Crippen LogP contribution >= 0.6 is 0 Å². The van der Waals surface area contributed by atoms with Crippen LogP contribution in [0.2, 0.25) is 0 Å². The summed E-state index contributed by atoms with van der Waals surface area (Å²) in [6.45, 7) is 5.47. The number of aliphatic hydroxyl groups is 1. The van der Waals surface area contributed by atoms with E-state index in [1.807, 2.05) is 20.8 Å². The summed E-state index contributed by atoms with van der Waals surface area (Å²) in [5, 5.41) is 15.2. The van der Waals surface area contributed by atoms with Gasteiger partial charge in [0, 0.05) is 5.41 Å². The molecule has 0 aliphatic heterocycles. The second-order valence-electron chi connectivity index (χ2n) is 6.57. The first-order valence-corrected chi connectivity index (χ1v) is 8.17. The van der Waals surface area contributed by atoms with Crippen LogP contribution in [0.5, 0.6) is 0 Å². The molecule has 1 fully saturated rings. The molecular formula is C12H24N2O5S. The fourth-order valence-corrected chi connectivity index (χ4v) is 3.78. The molecule has 0 heterocycles. The molecule has 5 N–H and O–H groups in total. The molecule has 7 nitrogen and oxygen atoms in total. The predicted octanol–water partition coefficient (Wildman–Crippen LogP) is 0.459. The molecule has 20 heavy (non-hydrogen) atoms. The normalized spacial score (nSPS) is 29.8. The van der Waals surface area contributed by atoms with Gasteiger partial charge in [-0.25, -0.2) is 18.4 Å². The van der Waals surface area contributed by atoms with Gasteiger partial charge in [0.15, 0.2) is 0 Å². The molecule has 0 spiro atoms. The predicted molar refractivity (Wildman–Crippen MR) is 74.2 cm³/mol. The van der Waals surface area contributed by atoms with Gasteiger partial charge in [-0.15, -0.1) is 0 Å². The lowest BCUT2D eigenvalue weighted by Gasteiger charge is -2.45. The molecule has 1 saturated carbocycles. The van der Waals surface area contributed by atoms with Crippen molar-refractivity contribution >= 4 is 16.1 Å². The lowest BCUT2D eigenvalue weighted by atomic mass is 9.71. The van der Waals surface area contributed by atoms with E-state index >= 15 is 0 Å². The van der Waals surface area contributed by atoms with Gasteiger partial charge in [-0.3, -0.25) is 0 Å². The van der Waals surface area contributed by atoms with Crippen molar-refractivity contribution in [2.24, 2.45) is 16.3 Å². The zero-order valence-electron chi connectivity index (χ0n) is 12.1. The topological polar surface area (TPSA) is 133 Å². The zero-order chi connectivity index (χ0) is 15.8. The highest BCUT2D eigenvalue weighted by Gasteiger charge is 2.49. The molecule has 1 atom stereocenters. The Labute approximate surface area is 119 Å². The summed E-state index contributed by atoms with van der Waals surface area (Å²) in [5.41, 5.74) is 3.27. The van der Waals surface area contributed by atoms with E-state index < -0.39 is 38.5 Å². The molecule has 1 aliphatic carbocycles. The first-order valence-electron chi connectivity index (χ1n) is 6.56. The second kappa shape index (κ2) is 5.50. The Morgan fingerprint density at radius 1 is 1.35 bits per heavy atom. The van der Waals surface area contributed by atoms with Crippen LogP contribution in [-0.4, -0.2) is 36.6 Å². The van der Waals surface area contributed by atoms with Crippen molar-refractivity contribution in [3.63, 3.8) is 0 Å². The Balaban J connectivity index is 2.90. The number of ether oxygens (including phenoxy) is 1. The highest BCUT2D eigenvalue weighted by Crippen LogP contribution is 2.41. The summed E-state index contributed by atoms with van der Waals surface area (Å²) in [6, 6.07) is 0. The Hall–Kier alpha value is -0.860. The summed E-state index contributed by atoms with van der Waals surface area (Å²) in [7, 11) is -3.60. The van der Waals surface area contributed by atoms with Crippen LogP contribution in [0.15, 0.2) is 0 Å². The van der Waals surface area contributed by atoms with Crippen LogP contribution in [0.25, 0.3) is 0 Å². The number of primary sulfonamides is 1. The fraction of sp³-hybridized carbons (Fsp3) is 0.917. The minimum atomic E-state index is -3.60. The number of rotatable bonds is 3. The van der Waals surface area contributed by atoms with Gasteiger partial charge in [-0.1, -0.05) is 20.8 Å². The van der Waals surface area contributed by atoms with Gasteiger partial charge in [0.25, 0.3) is 0 Å². The number of hydrogen-bond acceptors (Lipinski definition) is 5. The number of amides is 1. The highest BCUT2D eigenvalue weighted by molar-refractivity contribution is 7.89. The maximum absolute atomic E-state index is 11.3. The van der Waals surface area contributed by atoms with Gasteiger partial charge >= 0.3 is 6.09 Å². The van der Waals surface area contributed by atoms with E-state index in [-0.39, 0.29) is 25.7 Å². The summed E-state index contributed by atoms with van der Waals surface area (Å²) in [4.78, 5) is 11.0. The lowest BCUT2D eigenvalue weighted by molar-refractivity contribution is -0.137. The van der Waals surface area contributed by atoms with Crippen LogP contribution in [0.1, 0.15) is 46.5 Å². The standard InChI is InChI=1S/C12H24N2O5S/c1-11(2,3)9(19-10(13)15)12(16)6-4-8(5-7-12)20(14,17)18/h8-9,16H,4-7H2,1-3H3,(H2,13,15)(H2,14,17,18).